The van der Waals surface area contributed by atoms with Gasteiger partial charge in [-0.25, -0.2) is 17.9 Å². The van der Waals surface area contributed by atoms with Crippen LogP contribution in [0.1, 0.15) is 12.0 Å². The molecule has 1 fully saturated rings. The number of rotatable bonds is 6. The third kappa shape index (κ3) is 4.55. The molecule has 3 rings (SSSR count). The van der Waals surface area contributed by atoms with Gasteiger partial charge >= 0.3 is 0 Å². The summed E-state index contributed by atoms with van der Waals surface area (Å²) in [4.78, 5) is 25.8. The molecule has 1 heterocycles. The monoisotopic (exact) mass is 405 g/mol. The molecule has 3 N–H and O–H groups in total. The Kier molecular flexibility index (Phi) is 5.76. The van der Waals surface area contributed by atoms with Crippen LogP contribution in [0.2, 0.25) is 0 Å². The highest BCUT2D eigenvalue weighted by molar-refractivity contribution is 7.89. The number of hydrogen-bond donors (Lipinski definition) is 2. The van der Waals surface area contributed by atoms with Crippen molar-refractivity contribution in [3.8, 4) is 0 Å². The van der Waals surface area contributed by atoms with Gasteiger partial charge < -0.3 is 10.2 Å². The molecule has 0 radical (unpaired) electrons. The van der Waals surface area contributed by atoms with Gasteiger partial charge in [0.15, 0.2) is 0 Å². The minimum Gasteiger partial charge on any atom is -0.355 e. The molecular weight excluding hydrogens is 385 g/mol. The Bertz CT molecular complexity index is 992. The van der Waals surface area contributed by atoms with Gasteiger partial charge in [0, 0.05) is 19.5 Å². The van der Waals surface area contributed by atoms with Crippen LogP contribution in [0.25, 0.3) is 0 Å². The van der Waals surface area contributed by atoms with Gasteiger partial charge in [-0.3, -0.25) is 9.59 Å². The highest BCUT2D eigenvalue weighted by Crippen LogP contribution is 2.27. The number of carbonyl (C=O) groups is 2. The Morgan fingerprint density at radius 3 is 2.50 bits per heavy atom. The fraction of sp³-hybridized carbons (Fsp3) is 0.263. The summed E-state index contributed by atoms with van der Waals surface area (Å²) in [6.07, 6.45) is 0.525. The quantitative estimate of drug-likeness (QED) is 0.752. The van der Waals surface area contributed by atoms with Crippen LogP contribution >= 0.6 is 0 Å². The first-order chi connectivity index (χ1) is 13.3. The zero-order valence-corrected chi connectivity index (χ0v) is 15.8. The average molecular weight is 405 g/mol. The van der Waals surface area contributed by atoms with Gasteiger partial charge in [0.1, 0.15) is 5.82 Å². The zero-order valence-electron chi connectivity index (χ0n) is 15.0. The van der Waals surface area contributed by atoms with Crippen LogP contribution in [-0.4, -0.2) is 33.3 Å². The first-order valence-corrected chi connectivity index (χ1v) is 10.2. The molecule has 28 heavy (non-hydrogen) atoms. The smallest absolute Gasteiger partial charge is 0.238 e. The van der Waals surface area contributed by atoms with Crippen molar-refractivity contribution in [3.63, 3.8) is 0 Å². The number of hydrogen-bond acceptors (Lipinski definition) is 4. The van der Waals surface area contributed by atoms with Gasteiger partial charge in [-0.1, -0.05) is 24.3 Å². The Morgan fingerprint density at radius 1 is 1.18 bits per heavy atom. The van der Waals surface area contributed by atoms with E-state index < -0.39 is 21.8 Å². The van der Waals surface area contributed by atoms with Crippen molar-refractivity contribution in [2.24, 2.45) is 11.1 Å². The highest BCUT2D eigenvalue weighted by Gasteiger charge is 2.35. The lowest BCUT2D eigenvalue weighted by molar-refractivity contribution is -0.126. The Balaban J connectivity index is 1.53. The number of amides is 2. The fourth-order valence-corrected chi connectivity index (χ4v) is 3.62. The van der Waals surface area contributed by atoms with Gasteiger partial charge in [-0.05, 0) is 36.2 Å². The summed E-state index contributed by atoms with van der Waals surface area (Å²) in [7, 11) is -3.73. The summed E-state index contributed by atoms with van der Waals surface area (Å²) in [5, 5.41) is 7.82. The normalized spacial score (nSPS) is 17.0. The number of primary sulfonamides is 1. The number of para-hydroxylation sites is 1. The minimum atomic E-state index is -3.73. The maximum atomic E-state index is 13.9. The summed E-state index contributed by atoms with van der Waals surface area (Å²) in [6, 6.07) is 12.0. The van der Waals surface area contributed by atoms with Crippen molar-refractivity contribution in [1.82, 2.24) is 5.32 Å². The number of anilines is 1. The van der Waals surface area contributed by atoms with E-state index in [4.69, 9.17) is 5.14 Å². The number of nitrogens with one attached hydrogen (secondary N) is 1. The molecule has 9 heteroatoms. The van der Waals surface area contributed by atoms with Gasteiger partial charge in [-0.2, -0.15) is 0 Å². The van der Waals surface area contributed by atoms with E-state index >= 15 is 0 Å². The molecule has 7 nitrogen and oxygen atoms in total. The molecule has 0 unspecified atom stereocenters. The van der Waals surface area contributed by atoms with E-state index in [1.165, 1.54) is 29.2 Å². The van der Waals surface area contributed by atoms with E-state index in [-0.39, 0.29) is 35.4 Å². The van der Waals surface area contributed by atoms with Crippen LogP contribution in [0.5, 0.6) is 0 Å². The second-order valence-electron chi connectivity index (χ2n) is 6.59. The molecule has 0 saturated carbocycles. The Hall–Kier alpha value is -2.78. The van der Waals surface area contributed by atoms with Crippen LogP contribution in [0.3, 0.4) is 0 Å². The van der Waals surface area contributed by atoms with Gasteiger partial charge in [0.2, 0.25) is 21.8 Å². The largest absolute Gasteiger partial charge is 0.355 e. The van der Waals surface area contributed by atoms with Gasteiger partial charge in [0.25, 0.3) is 0 Å². The molecule has 0 spiro atoms. The maximum absolute atomic E-state index is 13.9. The SMILES string of the molecule is NS(=O)(=O)c1ccc(CCNC(=O)[C@@H]2CC(=O)N(c3ccccc3F)C2)cc1. The zero-order chi connectivity index (χ0) is 20.3. The van der Waals surface area contributed by atoms with Crippen molar-refractivity contribution in [3.05, 3.63) is 59.9 Å². The van der Waals surface area contributed by atoms with Gasteiger partial charge in [0.05, 0.1) is 16.5 Å². The lowest BCUT2D eigenvalue weighted by Crippen LogP contribution is -2.34. The van der Waals surface area contributed by atoms with Crippen molar-refractivity contribution >= 4 is 27.5 Å². The van der Waals surface area contributed by atoms with E-state index in [1.807, 2.05) is 0 Å². The first kappa shape index (κ1) is 20.0. The van der Waals surface area contributed by atoms with E-state index in [2.05, 4.69) is 5.32 Å². The average Bonchev–Trinajstić information content (AvgIpc) is 3.03. The van der Waals surface area contributed by atoms with Crippen LogP contribution in [0, 0.1) is 11.7 Å². The minimum absolute atomic E-state index is 0.0259. The number of nitrogens with two attached hydrogens (primary N) is 1. The Labute approximate surface area is 162 Å². The number of benzene rings is 2. The summed E-state index contributed by atoms with van der Waals surface area (Å²) in [5.74, 6) is -1.60. The van der Waals surface area contributed by atoms with Crippen LogP contribution in [-0.2, 0) is 26.0 Å². The fourth-order valence-electron chi connectivity index (χ4n) is 3.11. The first-order valence-electron chi connectivity index (χ1n) is 8.70. The number of nitrogens with zero attached hydrogens (tertiary/aromatic N) is 1. The molecule has 0 bridgehead atoms. The molecule has 1 aliphatic rings. The second-order valence-corrected chi connectivity index (χ2v) is 8.15. The van der Waals surface area contributed by atoms with Crippen molar-refractivity contribution < 1.29 is 22.4 Å². The van der Waals surface area contributed by atoms with Crippen molar-refractivity contribution in [2.45, 2.75) is 17.7 Å². The van der Waals surface area contributed by atoms with Crippen molar-refractivity contribution in [2.75, 3.05) is 18.0 Å². The topological polar surface area (TPSA) is 110 Å². The standard InChI is InChI=1S/C19H20FN3O4S/c20-16-3-1-2-4-17(16)23-12-14(11-18(23)24)19(25)22-10-9-13-5-7-15(8-6-13)28(21,26)27/h1-8,14H,9-12H2,(H,22,25)(H2,21,26,27)/t14-/m1/s1. The summed E-state index contributed by atoms with van der Waals surface area (Å²) in [6.45, 7) is 0.465. The molecule has 148 valence electrons. The third-order valence-electron chi connectivity index (χ3n) is 4.60. The predicted molar refractivity (Wildman–Crippen MR) is 101 cm³/mol. The van der Waals surface area contributed by atoms with Crippen LogP contribution in [0.15, 0.2) is 53.4 Å². The summed E-state index contributed by atoms with van der Waals surface area (Å²) < 4.78 is 36.4. The Morgan fingerprint density at radius 2 is 1.86 bits per heavy atom. The van der Waals surface area contributed by atoms with Crippen LogP contribution < -0.4 is 15.4 Å². The molecule has 1 saturated heterocycles. The number of halogens is 1. The predicted octanol–water partition coefficient (Wildman–Crippen LogP) is 1.18. The molecule has 0 aromatic heterocycles. The molecule has 1 atom stereocenters. The summed E-state index contributed by atoms with van der Waals surface area (Å²) >= 11 is 0. The lowest BCUT2D eigenvalue weighted by atomic mass is 10.1. The lowest BCUT2D eigenvalue weighted by Gasteiger charge is -2.17. The molecule has 2 aromatic rings. The van der Waals surface area contributed by atoms with E-state index in [9.17, 15) is 22.4 Å². The molecule has 2 aromatic carbocycles. The third-order valence-corrected chi connectivity index (χ3v) is 5.53. The molecular formula is C19H20FN3O4S. The van der Waals surface area contributed by atoms with E-state index in [1.54, 1.807) is 24.3 Å². The van der Waals surface area contributed by atoms with E-state index in [0.717, 1.165) is 5.56 Å². The molecule has 2 amide bonds. The van der Waals surface area contributed by atoms with Crippen molar-refractivity contribution in [1.29, 1.82) is 0 Å². The summed E-state index contributed by atoms with van der Waals surface area (Å²) in [5.41, 5.74) is 1.01. The number of sulfonamides is 1. The maximum Gasteiger partial charge on any atom is 0.238 e. The van der Waals surface area contributed by atoms with Gasteiger partial charge in [-0.15, -0.1) is 0 Å². The second kappa shape index (κ2) is 8.07. The molecule has 1 aliphatic heterocycles. The number of carbonyl (C=O) groups excluding carboxylic acids is 2. The van der Waals surface area contributed by atoms with E-state index in [0.29, 0.717) is 13.0 Å². The molecule has 0 aliphatic carbocycles. The van der Waals surface area contributed by atoms with Crippen LogP contribution in [0.4, 0.5) is 10.1 Å². The highest BCUT2D eigenvalue weighted by atomic mass is 32.2.